The Hall–Kier alpha value is -1.14. The molecule has 2 N–H and O–H groups in total. The van der Waals surface area contributed by atoms with Gasteiger partial charge in [0.15, 0.2) is 0 Å². The van der Waals surface area contributed by atoms with Gasteiger partial charge in [-0.2, -0.15) is 0 Å². The number of halogens is 1. The lowest BCUT2D eigenvalue weighted by Gasteiger charge is -2.22. The zero-order valence-corrected chi connectivity index (χ0v) is 13.4. The molecule has 2 aliphatic carbocycles. The van der Waals surface area contributed by atoms with Crippen LogP contribution in [0.5, 0.6) is 0 Å². The molecule has 0 amide bonds. The molecule has 1 saturated heterocycles. The van der Waals surface area contributed by atoms with Crippen molar-refractivity contribution in [2.75, 3.05) is 17.8 Å². The number of benzene rings is 1. The van der Waals surface area contributed by atoms with E-state index in [1.165, 1.54) is 12.1 Å². The van der Waals surface area contributed by atoms with Crippen molar-refractivity contribution in [2.24, 2.45) is 11.8 Å². The highest BCUT2D eigenvalue weighted by atomic mass is 32.2. The molecule has 0 aromatic heterocycles. The smallest absolute Gasteiger partial charge is 0.235 e. The van der Waals surface area contributed by atoms with Gasteiger partial charge in [-0.1, -0.05) is 6.92 Å². The highest BCUT2D eigenvalue weighted by Gasteiger charge is 2.66. The van der Waals surface area contributed by atoms with Gasteiger partial charge in [0.25, 0.3) is 0 Å². The van der Waals surface area contributed by atoms with Crippen molar-refractivity contribution in [3.63, 3.8) is 0 Å². The number of anilines is 1. The van der Waals surface area contributed by atoms with Crippen molar-refractivity contribution in [2.45, 2.75) is 36.9 Å². The summed E-state index contributed by atoms with van der Waals surface area (Å²) < 4.78 is 41.2. The Kier molecular flexibility index (Phi) is 3.07. The van der Waals surface area contributed by atoms with Crippen LogP contribution in [0.4, 0.5) is 10.1 Å². The maximum atomic E-state index is 14.4. The Bertz CT molecular complexity index is 705. The van der Waals surface area contributed by atoms with E-state index in [1.807, 2.05) is 0 Å². The number of nitrogens with one attached hydrogen (secondary N) is 2. The minimum Gasteiger partial charge on any atom is -0.316 e. The summed E-state index contributed by atoms with van der Waals surface area (Å²) >= 11 is 0. The van der Waals surface area contributed by atoms with Crippen LogP contribution in [0.3, 0.4) is 0 Å². The number of hydrogen-bond acceptors (Lipinski definition) is 3. The van der Waals surface area contributed by atoms with E-state index in [0.717, 1.165) is 32.4 Å². The van der Waals surface area contributed by atoms with Crippen LogP contribution in [0.1, 0.15) is 31.7 Å². The van der Waals surface area contributed by atoms with Crippen molar-refractivity contribution < 1.29 is 12.8 Å². The maximum Gasteiger partial charge on any atom is 0.235 e. The molecule has 22 heavy (non-hydrogen) atoms. The molecule has 1 aromatic rings. The van der Waals surface area contributed by atoms with Gasteiger partial charge in [0.1, 0.15) is 5.82 Å². The van der Waals surface area contributed by atoms with Crippen LogP contribution in [-0.4, -0.2) is 26.8 Å². The summed E-state index contributed by atoms with van der Waals surface area (Å²) in [4.78, 5) is 0. The summed E-state index contributed by atoms with van der Waals surface area (Å²) in [6.07, 6.45) is 2.33. The average molecular weight is 324 g/mol. The van der Waals surface area contributed by atoms with Crippen LogP contribution in [0, 0.1) is 17.7 Å². The molecule has 0 spiro atoms. The second-order valence-corrected chi connectivity index (χ2v) is 8.77. The molecule has 120 valence electrons. The van der Waals surface area contributed by atoms with Crippen molar-refractivity contribution in [3.05, 3.63) is 29.6 Å². The van der Waals surface area contributed by atoms with Gasteiger partial charge in [0.05, 0.1) is 5.25 Å². The number of piperidine rings is 1. The zero-order chi connectivity index (χ0) is 15.5. The van der Waals surface area contributed by atoms with Gasteiger partial charge in [-0.15, -0.1) is 0 Å². The number of fused-ring (bicyclic) bond motifs is 1. The van der Waals surface area contributed by atoms with E-state index < -0.39 is 10.0 Å². The van der Waals surface area contributed by atoms with Crippen molar-refractivity contribution in [1.29, 1.82) is 0 Å². The molecule has 3 aliphatic rings. The Morgan fingerprint density at radius 1 is 1.32 bits per heavy atom. The second-order valence-electron chi connectivity index (χ2n) is 6.81. The molecule has 0 radical (unpaired) electrons. The molecule has 0 bridgehead atoms. The molecule has 6 heteroatoms. The summed E-state index contributed by atoms with van der Waals surface area (Å²) in [7, 11) is -3.30. The van der Waals surface area contributed by atoms with Gasteiger partial charge in [-0.3, -0.25) is 4.72 Å². The first-order valence-corrected chi connectivity index (χ1v) is 9.56. The molecule has 3 fully saturated rings. The van der Waals surface area contributed by atoms with Crippen LogP contribution in [0.2, 0.25) is 0 Å². The first-order chi connectivity index (χ1) is 10.5. The first-order valence-electron chi connectivity index (χ1n) is 8.01. The van der Waals surface area contributed by atoms with E-state index in [-0.39, 0.29) is 16.5 Å². The summed E-state index contributed by atoms with van der Waals surface area (Å²) in [6, 6.07) is 4.65. The van der Waals surface area contributed by atoms with E-state index in [1.54, 1.807) is 6.07 Å². The molecule has 1 aromatic carbocycles. The minimum absolute atomic E-state index is 0.115. The number of rotatable bonds is 5. The fourth-order valence-electron chi connectivity index (χ4n) is 4.33. The Balaban J connectivity index is 1.67. The zero-order valence-electron chi connectivity index (χ0n) is 12.6. The lowest BCUT2D eigenvalue weighted by atomic mass is 9.87. The Morgan fingerprint density at radius 2 is 2.00 bits per heavy atom. The van der Waals surface area contributed by atoms with Gasteiger partial charge in [-0.05, 0) is 68.0 Å². The fraction of sp³-hybridized carbons (Fsp3) is 0.625. The molecule has 2 saturated carbocycles. The SMILES string of the molecule is CCC1(c2cc(NS(=O)(=O)C3CC3)ccc2F)[C@@H]2CNC[C@@H]21. The maximum absolute atomic E-state index is 14.4. The standard InChI is InChI=1S/C16H21FN2O2S/c1-2-16(13-8-18-9-14(13)16)12-7-10(3-6-15(12)17)19-22(20,21)11-4-5-11/h3,6-7,11,13-14,18-19H,2,4-5,8-9H2,1H3/t13-,14+,16?. The molecule has 1 unspecified atom stereocenters. The minimum atomic E-state index is -3.30. The van der Waals surface area contributed by atoms with E-state index >= 15 is 0 Å². The summed E-state index contributed by atoms with van der Waals surface area (Å²) in [5.41, 5.74) is 1.06. The van der Waals surface area contributed by atoms with Crippen LogP contribution in [0.25, 0.3) is 0 Å². The molecular weight excluding hydrogens is 303 g/mol. The normalized spacial score (nSPS) is 33.5. The van der Waals surface area contributed by atoms with Crippen LogP contribution < -0.4 is 10.0 Å². The first kappa shape index (κ1) is 14.5. The van der Waals surface area contributed by atoms with E-state index in [4.69, 9.17) is 0 Å². The third-order valence-electron chi connectivity index (χ3n) is 5.70. The highest BCUT2D eigenvalue weighted by Crippen LogP contribution is 2.64. The van der Waals surface area contributed by atoms with Gasteiger partial charge in [0, 0.05) is 11.1 Å². The van der Waals surface area contributed by atoms with Crippen molar-refractivity contribution >= 4 is 15.7 Å². The molecule has 3 atom stereocenters. The van der Waals surface area contributed by atoms with E-state index in [9.17, 15) is 12.8 Å². The Morgan fingerprint density at radius 3 is 2.59 bits per heavy atom. The van der Waals surface area contributed by atoms with Crippen LogP contribution >= 0.6 is 0 Å². The van der Waals surface area contributed by atoms with Gasteiger partial charge >= 0.3 is 0 Å². The second kappa shape index (κ2) is 4.68. The Labute approximate surface area is 130 Å². The van der Waals surface area contributed by atoms with Crippen molar-refractivity contribution in [1.82, 2.24) is 5.32 Å². The molecule has 1 aliphatic heterocycles. The van der Waals surface area contributed by atoms with Gasteiger partial charge in [0.2, 0.25) is 10.0 Å². The lowest BCUT2D eigenvalue weighted by Crippen LogP contribution is -2.26. The van der Waals surface area contributed by atoms with E-state index in [2.05, 4.69) is 17.0 Å². The summed E-state index contributed by atoms with van der Waals surface area (Å²) in [5, 5.41) is 3.07. The number of sulfonamides is 1. The monoisotopic (exact) mass is 324 g/mol. The van der Waals surface area contributed by atoms with Crippen LogP contribution in [0.15, 0.2) is 18.2 Å². The topological polar surface area (TPSA) is 58.2 Å². The molecule has 1 heterocycles. The van der Waals surface area contributed by atoms with Crippen LogP contribution in [-0.2, 0) is 15.4 Å². The summed E-state index contributed by atoms with van der Waals surface area (Å²) in [6.45, 7) is 3.95. The predicted octanol–water partition coefficient (Wildman–Crippen LogP) is 2.23. The van der Waals surface area contributed by atoms with Gasteiger partial charge in [-0.25, -0.2) is 12.8 Å². The molecule has 4 nitrogen and oxygen atoms in total. The fourth-order valence-corrected chi connectivity index (χ4v) is 5.71. The lowest BCUT2D eigenvalue weighted by molar-refractivity contribution is 0.473. The quantitative estimate of drug-likeness (QED) is 0.873. The van der Waals surface area contributed by atoms with Gasteiger partial charge < -0.3 is 5.32 Å². The number of hydrogen-bond donors (Lipinski definition) is 2. The predicted molar refractivity (Wildman–Crippen MR) is 83.8 cm³/mol. The average Bonchev–Trinajstić information content (AvgIpc) is 3.38. The van der Waals surface area contributed by atoms with E-state index in [0.29, 0.717) is 23.1 Å². The molecular formula is C16H21FN2O2S. The van der Waals surface area contributed by atoms with Crippen molar-refractivity contribution in [3.8, 4) is 0 Å². The summed E-state index contributed by atoms with van der Waals surface area (Å²) in [5.74, 6) is 0.732. The highest BCUT2D eigenvalue weighted by molar-refractivity contribution is 7.93. The molecule has 4 rings (SSSR count). The largest absolute Gasteiger partial charge is 0.316 e. The third kappa shape index (κ3) is 2.00. The third-order valence-corrected chi connectivity index (χ3v) is 7.57.